The van der Waals surface area contributed by atoms with Crippen molar-refractivity contribution in [3.8, 4) is 11.5 Å². The lowest BCUT2D eigenvalue weighted by atomic mass is 9.99. The molecule has 2 atom stereocenters. The number of carboxylic acid groups (broad SMARTS) is 1. The molecule has 0 unspecified atom stereocenters. The number of benzene rings is 2. The molecule has 0 aromatic heterocycles. The molecule has 164 valence electrons. The van der Waals surface area contributed by atoms with E-state index in [9.17, 15) is 14.0 Å². The van der Waals surface area contributed by atoms with E-state index in [2.05, 4.69) is 0 Å². The number of hydrogen-bond donors (Lipinski definition) is 1. The minimum absolute atomic E-state index is 0.0219. The molecular weight excluding hydrogens is 425 g/mol. The summed E-state index contributed by atoms with van der Waals surface area (Å²) in [6, 6.07) is 10.8. The van der Waals surface area contributed by atoms with E-state index in [1.54, 1.807) is 24.3 Å². The predicted molar refractivity (Wildman–Crippen MR) is 112 cm³/mol. The largest absolute Gasteiger partial charge is 0.490 e. The van der Waals surface area contributed by atoms with E-state index in [4.69, 9.17) is 26.2 Å². The van der Waals surface area contributed by atoms with Gasteiger partial charge in [0.25, 0.3) is 5.91 Å². The minimum atomic E-state index is -1.00. The molecule has 2 aromatic carbocycles. The molecule has 2 aliphatic rings. The Balaban J connectivity index is 1.36. The molecule has 6 nitrogen and oxygen atoms in total. The molecular formula is C23H23ClFNO5. The maximum atomic E-state index is 13.1. The molecule has 2 fully saturated rings. The number of hydrogen-bond acceptors (Lipinski definition) is 4. The van der Waals surface area contributed by atoms with Gasteiger partial charge in [0.15, 0.2) is 6.61 Å². The van der Waals surface area contributed by atoms with E-state index in [1.165, 1.54) is 18.2 Å². The first-order valence-corrected chi connectivity index (χ1v) is 10.6. The molecule has 1 amide bonds. The van der Waals surface area contributed by atoms with Gasteiger partial charge in [-0.05, 0) is 55.3 Å². The topological polar surface area (TPSA) is 76.1 Å². The molecule has 4 rings (SSSR count). The Morgan fingerprint density at radius 3 is 2.42 bits per heavy atom. The lowest BCUT2D eigenvalue weighted by Crippen LogP contribution is -2.50. The second-order valence-corrected chi connectivity index (χ2v) is 8.40. The highest BCUT2D eigenvalue weighted by atomic mass is 35.5. The lowest BCUT2D eigenvalue weighted by Gasteiger charge is -2.38. The maximum absolute atomic E-state index is 13.1. The van der Waals surface area contributed by atoms with Crippen molar-refractivity contribution in [2.75, 3.05) is 6.61 Å². The summed E-state index contributed by atoms with van der Waals surface area (Å²) >= 11 is 5.96. The highest BCUT2D eigenvalue weighted by Gasteiger charge is 2.44. The molecule has 0 aliphatic carbocycles. The molecule has 0 saturated carbocycles. The number of rotatable bonds is 7. The molecule has 2 aromatic rings. The van der Waals surface area contributed by atoms with Gasteiger partial charge in [-0.25, -0.2) is 4.39 Å². The van der Waals surface area contributed by atoms with Gasteiger partial charge < -0.3 is 19.5 Å². The van der Waals surface area contributed by atoms with Crippen LogP contribution in [0.5, 0.6) is 11.5 Å². The number of aliphatic carboxylic acids is 1. The van der Waals surface area contributed by atoms with Gasteiger partial charge in [0.1, 0.15) is 23.4 Å². The number of carbonyl (C=O) groups excluding carboxylic acids is 1. The van der Waals surface area contributed by atoms with Crippen LogP contribution < -0.4 is 9.47 Å². The quantitative estimate of drug-likeness (QED) is 0.692. The van der Waals surface area contributed by atoms with Crippen LogP contribution in [0.2, 0.25) is 5.02 Å². The molecule has 2 saturated heterocycles. The third-order valence-electron chi connectivity index (χ3n) is 5.81. The third-order valence-corrected chi connectivity index (χ3v) is 6.04. The van der Waals surface area contributed by atoms with Crippen molar-refractivity contribution < 1.29 is 28.6 Å². The van der Waals surface area contributed by atoms with Crippen LogP contribution >= 0.6 is 11.6 Å². The van der Waals surface area contributed by atoms with Gasteiger partial charge in [0.05, 0.1) is 6.42 Å². The number of ether oxygens (including phenoxy) is 2. The van der Waals surface area contributed by atoms with Gasteiger partial charge in [-0.2, -0.15) is 0 Å². The zero-order chi connectivity index (χ0) is 22.0. The SMILES string of the molecule is O=C(O)Cc1cc(Cl)ccc1OCC(=O)N1[C@@H]2CC[C@@H]1CC(Oc1ccc(F)cc1)C2. The number of fused-ring (bicyclic) bond motifs is 2. The molecule has 0 spiro atoms. The van der Waals surface area contributed by atoms with Crippen LogP contribution in [0.1, 0.15) is 31.2 Å². The normalized spacial score (nSPS) is 22.3. The second kappa shape index (κ2) is 9.14. The molecule has 2 heterocycles. The van der Waals surface area contributed by atoms with E-state index < -0.39 is 5.97 Å². The number of piperidine rings is 1. The summed E-state index contributed by atoms with van der Waals surface area (Å²) in [5, 5.41) is 9.49. The first-order chi connectivity index (χ1) is 14.9. The summed E-state index contributed by atoms with van der Waals surface area (Å²) in [5.41, 5.74) is 0.433. The fourth-order valence-electron chi connectivity index (χ4n) is 4.54. The van der Waals surface area contributed by atoms with Crippen LogP contribution in [0.15, 0.2) is 42.5 Å². The average molecular weight is 448 g/mol. The summed E-state index contributed by atoms with van der Waals surface area (Å²) in [4.78, 5) is 25.9. The van der Waals surface area contributed by atoms with Gasteiger partial charge in [-0.3, -0.25) is 9.59 Å². The van der Waals surface area contributed by atoms with E-state index in [-0.39, 0.29) is 42.9 Å². The Kier molecular flexibility index (Phi) is 6.32. The van der Waals surface area contributed by atoms with Gasteiger partial charge in [-0.15, -0.1) is 0 Å². The summed E-state index contributed by atoms with van der Waals surface area (Å²) in [7, 11) is 0. The number of amides is 1. The van der Waals surface area contributed by atoms with Crippen molar-refractivity contribution in [2.24, 2.45) is 0 Å². The molecule has 8 heteroatoms. The molecule has 0 radical (unpaired) electrons. The Morgan fingerprint density at radius 2 is 1.77 bits per heavy atom. The van der Waals surface area contributed by atoms with Gasteiger partial charge >= 0.3 is 5.97 Å². The Hall–Kier alpha value is -2.80. The van der Waals surface area contributed by atoms with Gasteiger partial charge in [0, 0.05) is 35.5 Å². The molecule has 1 N–H and O–H groups in total. The zero-order valence-corrected chi connectivity index (χ0v) is 17.6. The van der Waals surface area contributed by atoms with Crippen LogP contribution in [0, 0.1) is 5.82 Å². The lowest BCUT2D eigenvalue weighted by molar-refractivity contribution is -0.139. The van der Waals surface area contributed by atoms with Crippen molar-refractivity contribution in [1.82, 2.24) is 4.90 Å². The summed E-state index contributed by atoms with van der Waals surface area (Å²) < 4.78 is 24.8. The van der Waals surface area contributed by atoms with Crippen LogP contribution in [-0.2, 0) is 16.0 Å². The number of nitrogens with zero attached hydrogens (tertiary/aromatic N) is 1. The first-order valence-electron chi connectivity index (χ1n) is 10.3. The molecule has 31 heavy (non-hydrogen) atoms. The van der Waals surface area contributed by atoms with Crippen molar-refractivity contribution >= 4 is 23.5 Å². The van der Waals surface area contributed by atoms with Crippen LogP contribution in [0.4, 0.5) is 4.39 Å². The van der Waals surface area contributed by atoms with Crippen molar-refractivity contribution in [1.29, 1.82) is 0 Å². The third kappa shape index (κ3) is 5.10. The molecule has 2 bridgehead atoms. The number of carboxylic acids is 1. The van der Waals surface area contributed by atoms with Gasteiger partial charge in [-0.1, -0.05) is 11.6 Å². The van der Waals surface area contributed by atoms with Crippen LogP contribution in [0.25, 0.3) is 0 Å². The number of carbonyl (C=O) groups is 2. The van der Waals surface area contributed by atoms with E-state index >= 15 is 0 Å². The molecule has 2 aliphatic heterocycles. The monoisotopic (exact) mass is 447 g/mol. The van der Waals surface area contributed by atoms with Gasteiger partial charge in [0.2, 0.25) is 0 Å². The Bertz CT molecular complexity index is 953. The number of halogens is 2. The van der Waals surface area contributed by atoms with Crippen LogP contribution in [0.3, 0.4) is 0 Å². The first kappa shape index (κ1) is 21.4. The maximum Gasteiger partial charge on any atom is 0.307 e. The van der Waals surface area contributed by atoms with E-state index in [0.29, 0.717) is 34.9 Å². The predicted octanol–water partition coefficient (Wildman–Crippen LogP) is 4.09. The van der Waals surface area contributed by atoms with Crippen molar-refractivity contribution in [2.45, 2.75) is 50.3 Å². The van der Waals surface area contributed by atoms with E-state index in [0.717, 1.165) is 12.8 Å². The highest BCUT2D eigenvalue weighted by molar-refractivity contribution is 6.30. The Morgan fingerprint density at radius 1 is 1.10 bits per heavy atom. The van der Waals surface area contributed by atoms with Crippen molar-refractivity contribution in [3.63, 3.8) is 0 Å². The summed E-state index contributed by atoms with van der Waals surface area (Å²) in [5.74, 6) is -0.451. The minimum Gasteiger partial charge on any atom is -0.490 e. The smallest absolute Gasteiger partial charge is 0.307 e. The van der Waals surface area contributed by atoms with E-state index in [1.807, 2.05) is 4.90 Å². The second-order valence-electron chi connectivity index (χ2n) is 7.96. The Labute approximate surface area is 184 Å². The standard InChI is InChI=1S/C23H23ClFNO5/c24-15-1-8-21(14(9-15)10-23(28)29)30-13-22(27)26-17-4-5-18(26)12-20(11-17)31-19-6-2-16(25)3-7-19/h1-3,6-9,17-18,20H,4-5,10-13H2,(H,28,29)/t17-,18-/m1/s1. The summed E-state index contributed by atoms with van der Waals surface area (Å²) in [6.45, 7) is -0.162. The fourth-order valence-corrected chi connectivity index (χ4v) is 4.73. The summed E-state index contributed by atoms with van der Waals surface area (Å²) in [6.07, 6.45) is 2.98. The van der Waals surface area contributed by atoms with Crippen LogP contribution in [-0.4, -0.2) is 46.7 Å². The average Bonchev–Trinajstić information content (AvgIpc) is 2.99. The zero-order valence-electron chi connectivity index (χ0n) is 16.8. The van der Waals surface area contributed by atoms with Crippen molar-refractivity contribution in [3.05, 3.63) is 58.9 Å². The fraction of sp³-hybridized carbons (Fsp3) is 0.391. The highest BCUT2D eigenvalue weighted by Crippen LogP contribution is 2.37.